The third-order valence-corrected chi connectivity index (χ3v) is 6.15. The molecular weight excluding hydrogens is 388 g/mol. The number of hydrogen-bond acceptors (Lipinski definition) is 5. The summed E-state index contributed by atoms with van der Waals surface area (Å²) in [6.07, 6.45) is 1.77. The second-order valence-corrected chi connectivity index (χ2v) is 8.15. The van der Waals surface area contributed by atoms with Gasteiger partial charge in [-0.05, 0) is 58.2 Å². The molecule has 0 bridgehead atoms. The lowest BCUT2D eigenvalue weighted by atomic mass is 9.96. The summed E-state index contributed by atoms with van der Waals surface area (Å²) in [4.78, 5) is 24.3. The van der Waals surface area contributed by atoms with Gasteiger partial charge in [-0.1, -0.05) is 17.7 Å². The van der Waals surface area contributed by atoms with Crippen LogP contribution in [-0.4, -0.2) is 29.0 Å². The summed E-state index contributed by atoms with van der Waals surface area (Å²) in [7, 11) is 0. The summed E-state index contributed by atoms with van der Waals surface area (Å²) in [6.45, 7) is 9.22. The van der Waals surface area contributed by atoms with E-state index in [0.717, 1.165) is 53.2 Å². The summed E-state index contributed by atoms with van der Waals surface area (Å²) >= 11 is 6.19. The zero-order valence-corrected chi connectivity index (χ0v) is 17.9. The van der Waals surface area contributed by atoms with Crippen molar-refractivity contribution in [2.75, 3.05) is 23.3 Å². The number of amides is 1. The normalized spacial score (nSPS) is 17.0. The predicted molar refractivity (Wildman–Crippen MR) is 116 cm³/mol. The van der Waals surface area contributed by atoms with Gasteiger partial charge in [-0.2, -0.15) is 4.98 Å². The van der Waals surface area contributed by atoms with Crippen LogP contribution < -0.4 is 10.2 Å². The number of rotatable bonds is 3. The number of anilines is 2. The van der Waals surface area contributed by atoms with Gasteiger partial charge in [0, 0.05) is 29.4 Å². The fraction of sp³-hybridized carbons (Fsp3) is 0.409. The molecule has 6 nitrogen and oxygen atoms in total. The fourth-order valence-corrected chi connectivity index (χ4v) is 4.10. The lowest BCUT2D eigenvalue weighted by molar-refractivity contribution is -0.120. The van der Waals surface area contributed by atoms with Crippen LogP contribution >= 0.6 is 11.6 Å². The summed E-state index contributed by atoms with van der Waals surface area (Å²) < 4.78 is 5.82. The monoisotopic (exact) mass is 412 g/mol. The molecule has 4 rings (SSSR count). The number of benzene rings is 1. The van der Waals surface area contributed by atoms with E-state index in [1.54, 1.807) is 0 Å². The lowest BCUT2D eigenvalue weighted by Crippen LogP contribution is -2.41. The van der Waals surface area contributed by atoms with Gasteiger partial charge < -0.3 is 14.6 Å². The second kappa shape index (κ2) is 7.67. The van der Waals surface area contributed by atoms with E-state index in [9.17, 15) is 4.79 Å². The fourth-order valence-electron chi connectivity index (χ4n) is 3.92. The van der Waals surface area contributed by atoms with Crippen molar-refractivity contribution < 1.29 is 9.21 Å². The van der Waals surface area contributed by atoms with Crippen molar-refractivity contribution in [3.63, 3.8) is 0 Å². The van der Waals surface area contributed by atoms with Gasteiger partial charge in [0.15, 0.2) is 0 Å². The first kappa shape index (κ1) is 19.7. The minimum absolute atomic E-state index is 0.0159. The molecule has 1 aromatic carbocycles. The highest BCUT2D eigenvalue weighted by atomic mass is 35.5. The second-order valence-electron chi connectivity index (χ2n) is 7.74. The average molecular weight is 413 g/mol. The third-order valence-electron chi connectivity index (χ3n) is 5.74. The Hall–Kier alpha value is -2.60. The van der Waals surface area contributed by atoms with Crippen molar-refractivity contribution in [1.82, 2.24) is 9.97 Å². The standard InChI is InChI=1S/C22H25ClN4O2/c1-12-14(3)29-22-19(12)20(24-15(4)25-22)27-10-6-7-16(11-27)21(28)26-18-9-5-8-17(23)13(18)2/h5,8-9,16H,6-7,10-11H2,1-4H3,(H,26,28)/t16-/m0/s1. The number of hydrogen-bond donors (Lipinski definition) is 1. The molecule has 3 aromatic rings. The number of nitrogens with zero attached hydrogens (tertiary/aromatic N) is 3. The molecule has 1 N–H and O–H groups in total. The van der Waals surface area contributed by atoms with E-state index in [1.807, 2.05) is 45.9 Å². The van der Waals surface area contributed by atoms with Crippen LogP contribution in [0, 0.1) is 33.6 Å². The summed E-state index contributed by atoms with van der Waals surface area (Å²) in [6, 6.07) is 5.56. The van der Waals surface area contributed by atoms with Gasteiger partial charge in [0.05, 0.1) is 11.3 Å². The van der Waals surface area contributed by atoms with E-state index >= 15 is 0 Å². The van der Waals surface area contributed by atoms with Crippen molar-refractivity contribution in [2.45, 2.75) is 40.5 Å². The first-order chi connectivity index (χ1) is 13.8. The molecule has 0 unspecified atom stereocenters. The van der Waals surface area contributed by atoms with Crippen LogP contribution in [0.4, 0.5) is 11.5 Å². The summed E-state index contributed by atoms with van der Waals surface area (Å²) in [5.74, 6) is 2.27. The minimum atomic E-state index is -0.124. The van der Waals surface area contributed by atoms with Gasteiger partial charge in [0.2, 0.25) is 11.6 Å². The number of furan rings is 1. The molecule has 1 aliphatic heterocycles. The molecule has 1 amide bonds. The molecule has 0 aliphatic carbocycles. The minimum Gasteiger partial charge on any atom is -0.443 e. The Balaban J connectivity index is 1.60. The highest BCUT2D eigenvalue weighted by Crippen LogP contribution is 2.33. The molecule has 0 radical (unpaired) electrons. The summed E-state index contributed by atoms with van der Waals surface area (Å²) in [5.41, 5.74) is 3.31. The van der Waals surface area contributed by atoms with E-state index < -0.39 is 0 Å². The molecule has 1 saturated heterocycles. The van der Waals surface area contributed by atoms with Crippen LogP contribution in [0.25, 0.3) is 11.1 Å². The van der Waals surface area contributed by atoms with Crippen molar-refractivity contribution in [3.8, 4) is 0 Å². The number of carbonyl (C=O) groups excluding carboxylic acids is 1. The van der Waals surface area contributed by atoms with Crippen LogP contribution in [0.5, 0.6) is 0 Å². The first-order valence-corrected chi connectivity index (χ1v) is 10.3. The molecule has 152 valence electrons. The maximum atomic E-state index is 13.0. The quantitative estimate of drug-likeness (QED) is 0.657. The maximum Gasteiger partial charge on any atom is 0.231 e. The van der Waals surface area contributed by atoms with E-state index in [-0.39, 0.29) is 11.8 Å². The van der Waals surface area contributed by atoms with E-state index in [1.165, 1.54) is 0 Å². The van der Waals surface area contributed by atoms with E-state index in [4.69, 9.17) is 21.0 Å². The topological polar surface area (TPSA) is 71.3 Å². The molecule has 0 spiro atoms. The largest absolute Gasteiger partial charge is 0.443 e. The van der Waals surface area contributed by atoms with Crippen LogP contribution in [0.3, 0.4) is 0 Å². The first-order valence-electron chi connectivity index (χ1n) is 9.90. The van der Waals surface area contributed by atoms with Crippen molar-refractivity contribution in [1.29, 1.82) is 0 Å². The van der Waals surface area contributed by atoms with E-state index in [2.05, 4.69) is 15.2 Å². The Kier molecular flexibility index (Phi) is 5.21. The van der Waals surface area contributed by atoms with Crippen LogP contribution in [0.15, 0.2) is 22.6 Å². The number of halogens is 1. The smallest absolute Gasteiger partial charge is 0.231 e. The number of fused-ring (bicyclic) bond motifs is 1. The lowest BCUT2D eigenvalue weighted by Gasteiger charge is -2.33. The Bertz CT molecular complexity index is 1090. The number of carbonyl (C=O) groups is 1. The highest BCUT2D eigenvalue weighted by Gasteiger charge is 2.29. The van der Waals surface area contributed by atoms with E-state index in [0.29, 0.717) is 23.1 Å². The van der Waals surface area contributed by atoms with Gasteiger partial charge in [0.1, 0.15) is 17.4 Å². The van der Waals surface area contributed by atoms with Crippen molar-refractivity contribution in [3.05, 3.63) is 45.9 Å². The van der Waals surface area contributed by atoms with Crippen LogP contribution in [0.1, 0.15) is 35.6 Å². The van der Waals surface area contributed by atoms with Crippen molar-refractivity contribution in [2.24, 2.45) is 5.92 Å². The Morgan fingerprint density at radius 1 is 1.21 bits per heavy atom. The number of aromatic nitrogens is 2. The SMILES string of the molecule is Cc1nc(N2CCC[C@H](C(=O)Nc3cccc(Cl)c3C)C2)c2c(C)c(C)oc2n1. The van der Waals surface area contributed by atoms with Gasteiger partial charge in [-0.15, -0.1) is 0 Å². The number of piperidine rings is 1. The highest BCUT2D eigenvalue weighted by molar-refractivity contribution is 6.31. The molecular formula is C22H25ClN4O2. The van der Waals surface area contributed by atoms with Crippen LogP contribution in [-0.2, 0) is 4.79 Å². The molecule has 1 aliphatic rings. The Morgan fingerprint density at radius 3 is 2.79 bits per heavy atom. The average Bonchev–Trinajstić information content (AvgIpc) is 2.98. The number of nitrogens with one attached hydrogen (secondary N) is 1. The maximum absolute atomic E-state index is 13.0. The molecule has 3 heterocycles. The van der Waals surface area contributed by atoms with Gasteiger partial charge in [-0.3, -0.25) is 4.79 Å². The van der Waals surface area contributed by atoms with Gasteiger partial charge in [-0.25, -0.2) is 4.98 Å². The zero-order chi connectivity index (χ0) is 20.7. The van der Waals surface area contributed by atoms with Crippen LogP contribution in [0.2, 0.25) is 5.02 Å². The molecule has 2 aromatic heterocycles. The molecule has 1 fully saturated rings. The van der Waals surface area contributed by atoms with Crippen molar-refractivity contribution >= 4 is 40.1 Å². The molecule has 1 atom stereocenters. The van der Waals surface area contributed by atoms with Gasteiger partial charge >= 0.3 is 0 Å². The molecule has 7 heteroatoms. The molecule has 29 heavy (non-hydrogen) atoms. The predicted octanol–water partition coefficient (Wildman–Crippen LogP) is 4.96. The Labute approximate surface area is 175 Å². The zero-order valence-electron chi connectivity index (χ0n) is 17.2. The number of aryl methyl sites for hydroxylation is 3. The Morgan fingerprint density at radius 2 is 2.00 bits per heavy atom. The summed E-state index contributed by atoms with van der Waals surface area (Å²) in [5, 5.41) is 4.65. The third kappa shape index (κ3) is 3.69. The van der Waals surface area contributed by atoms with Gasteiger partial charge in [0.25, 0.3) is 0 Å². The molecule has 0 saturated carbocycles.